The highest BCUT2D eigenvalue weighted by molar-refractivity contribution is 5.83. The van der Waals surface area contributed by atoms with E-state index in [1.807, 2.05) is 18.3 Å². The first-order valence-electron chi connectivity index (χ1n) is 7.38. The molecule has 1 aliphatic heterocycles. The van der Waals surface area contributed by atoms with E-state index in [1.54, 1.807) is 0 Å². The Morgan fingerprint density at radius 1 is 1.35 bits per heavy atom. The van der Waals surface area contributed by atoms with Gasteiger partial charge < -0.3 is 15.6 Å². The lowest BCUT2D eigenvalue weighted by molar-refractivity contribution is -0.121. The van der Waals surface area contributed by atoms with Gasteiger partial charge in [0.25, 0.3) is 0 Å². The van der Waals surface area contributed by atoms with Gasteiger partial charge in [0, 0.05) is 36.1 Å². The number of hydrogen-bond acceptors (Lipinski definition) is 2. The number of aromatic nitrogens is 1. The second kappa shape index (κ2) is 6.09. The molecule has 3 N–H and O–H groups in total. The maximum atomic E-state index is 11.8. The monoisotopic (exact) mass is 271 g/mol. The topological polar surface area (TPSA) is 56.9 Å². The Morgan fingerprint density at radius 2 is 2.25 bits per heavy atom. The number of carbonyl (C=O) groups excluding carboxylic acids is 1. The summed E-state index contributed by atoms with van der Waals surface area (Å²) in [6.45, 7) is 1.75. The summed E-state index contributed by atoms with van der Waals surface area (Å²) in [5.74, 6) is 0.157. The van der Waals surface area contributed by atoms with Crippen LogP contribution < -0.4 is 10.6 Å². The van der Waals surface area contributed by atoms with Gasteiger partial charge >= 0.3 is 0 Å². The van der Waals surface area contributed by atoms with Gasteiger partial charge in [-0.25, -0.2) is 0 Å². The number of para-hydroxylation sites is 1. The quantitative estimate of drug-likeness (QED) is 0.778. The van der Waals surface area contributed by atoms with E-state index in [9.17, 15) is 4.79 Å². The minimum absolute atomic E-state index is 0.157. The fraction of sp³-hybridized carbons (Fsp3) is 0.438. The molecule has 4 nitrogen and oxygen atoms in total. The molecule has 1 unspecified atom stereocenters. The molecule has 1 aliphatic rings. The molecular weight excluding hydrogens is 250 g/mol. The van der Waals surface area contributed by atoms with Gasteiger partial charge in [0.2, 0.25) is 5.91 Å². The molecular formula is C16H21N3O. The van der Waals surface area contributed by atoms with Crippen LogP contribution in [0.4, 0.5) is 0 Å². The zero-order valence-electron chi connectivity index (χ0n) is 11.6. The van der Waals surface area contributed by atoms with Gasteiger partial charge in [-0.1, -0.05) is 18.2 Å². The zero-order chi connectivity index (χ0) is 13.8. The number of fused-ring (bicyclic) bond motifs is 1. The molecule has 20 heavy (non-hydrogen) atoms. The highest BCUT2D eigenvalue weighted by Crippen LogP contribution is 2.17. The number of amides is 1. The maximum absolute atomic E-state index is 11.8. The number of carbonyl (C=O) groups is 1. The summed E-state index contributed by atoms with van der Waals surface area (Å²) in [7, 11) is 0. The van der Waals surface area contributed by atoms with Crippen LogP contribution in [0.2, 0.25) is 0 Å². The Hall–Kier alpha value is -1.81. The van der Waals surface area contributed by atoms with Crippen molar-refractivity contribution in [2.24, 2.45) is 0 Å². The molecule has 3 rings (SSSR count). The van der Waals surface area contributed by atoms with Crippen LogP contribution in [0.25, 0.3) is 10.9 Å². The number of aromatic amines is 1. The molecule has 106 valence electrons. The first-order valence-corrected chi connectivity index (χ1v) is 7.38. The van der Waals surface area contributed by atoms with Crippen molar-refractivity contribution in [1.82, 2.24) is 15.6 Å². The average molecular weight is 271 g/mol. The van der Waals surface area contributed by atoms with Crippen LogP contribution >= 0.6 is 0 Å². The lowest BCUT2D eigenvalue weighted by atomic mass is 10.1. The van der Waals surface area contributed by atoms with E-state index in [4.69, 9.17) is 0 Å². The largest absolute Gasteiger partial charge is 0.361 e. The van der Waals surface area contributed by atoms with E-state index in [-0.39, 0.29) is 5.91 Å². The number of rotatable bonds is 5. The van der Waals surface area contributed by atoms with Crippen molar-refractivity contribution in [1.29, 1.82) is 0 Å². The third-order valence-corrected chi connectivity index (χ3v) is 3.99. The minimum atomic E-state index is 0.157. The molecule has 1 aromatic heterocycles. The molecule has 1 fully saturated rings. The van der Waals surface area contributed by atoms with Crippen LogP contribution in [0.3, 0.4) is 0 Å². The molecule has 1 aromatic carbocycles. The minimum Gasteiger partial charge on any atom is -0.361 e. The smallest absolute Gasteiger partial charge is 0.221 e. The van der Waals surface area contributed by atoms with E-state index < -0.39 is 0 Å². The van der Waals surface area contributed by atoms with Crippen molar-refractivity contribution in [3.8, 4) is 0 Å². The van der Waals surface area contributed by atoms with E-state index in [0.717, 1.165) is 24.9 Å². The van der Waals surface area contributed by atoms with Gasteiger partial charge in [0.15, 0.2) is 0 Å². The summed E-state index contributed by atoms with van der Waals surface area (Å²) < 4.78 is 0. The van der Waals surface area contributed by atoms with Crippen LogP contribution in [0.1, 0.15) is 24.8 Å². The molecule has 1 amide bonds. The second-order valence-electron chi connectivity index (χ2n) is 5.46. The van der Waals surface area contributed by atoms with Crippen molar-refractivity contribution in [2.75, 3.05) is 13.1 Å². The third-order valence-electron chi connectivity index (χ3n) is 3.99. The van der Waals surface area contributed by atoms with Crippen molar-refractivity contribution < 1.29 is 4.79 Å². The van der Waals surface area contributed by atoms with Crippen molar-refractivity contribution in [3.05, 3.63) is 36.0 Å². The Morgan fingerprint density at radius 3 is 3.10 bits per heavy atom. The normalized spacial score (nSPS) is 18.5. The molecule has 4 heteroatoms. The van der Waals surface area contributed by atoms with Crippen LogP contribution in [-0.4, -0.2) is 30.0 Å². The summed E-state index contributed by atoms with van der Waals surface area (Å²) in [6, 6.07) is 8.64. The molecule has 2 aromatic rings. The van der Waals surface area contributed by atoms with Gasteiger partial charge in [-0.15, -0.1) is 0 Å². The van der Waals surface area contributed by atoms with Crippen molar-refractivity contribution in [2.45, 2.75) is 31.7 Å². The molecule has 0 aliphatic carbocycles. The Labute approximate surface area is 118 Å². The molecule has 1 atom stereocenters. The fourth-order valence-electron chi connectivity index (χ4n) is 2.90. The van der Waals surface area contributed by atoms with E-state index in [0.29, 0.717) is 19.0 Å². The number of H-pyrrole nitrogens is 1. The molecule has 0 bridgehead atoms. The molecule has 0 saturated carbocycles. The third kappa shape index (κ3) is 3.02. The van der Waals surface area contributed by atoms with Crippen molar-refractivity contribution in [3.63, 3.8) is 0 Å². The van der Waals surface area contributed by atoms with E-state index in [1.165, 1.54) is 17.4 Å². The highest BCUT2D eigenvalue weighted by atomic mass is 16.1. The summed E-state index contributed by atoms with van der Waals surface area (Å²) in [6.07, 6.45) is 5.82. The summed E-state index contributed by atoms with van der Waals surface area (Å²) in [4.78, 5) is 15.1. The molecule has 0 spiro atoms. The highest BCUT2D eigenvalue weighted by Gasteiger charge is 2.17. The SMILES string of the molecule is O=C(CC1CCCN1)NCCc1c[nH]c2ccccc12. The van der Waals surface area contributed by atoms with Crippen LogP contribution in [-0.2, 0) is 11.2 Å². The van der Waals surface area contributed by atoms with Gasteiger partial charge in [-0.2, -0.15) is 0 Å². The van der Waals surface area contributed by atoms with Crippen LogP contribution in [0, 0.1) is 0 Å². The van der Waals surface area contributed by atoms with Gasteiger partial charge in [-0.05, 0) is 37.4 Å². The predicted molar refractivity (Wildman–Crippen MR) is 80.7 cm³/mol. The van der Waals surface area contributed by atoms with Gasteiger partial charge in [0.05, 0.1) is 0 Å². The second-order valence-corrected chi connectivity index (χ2v) is 5.46. The number of nitrogens with one attached hydrogen (secondary N) is 3. The van der Waals surface area contributed by atoms with Crippen LogP contribution in [0.5, 0.6) is 0 Å². The maximum Gasteiger partial charge on any atom is 0.221 e. The Bertz CT molecular complexity index is 584. The molecule has 0 radical (unpaired) electrons. The van der Waals surface area contributed by atoms with E-state index >= 15 is 0 Å². The van der Waals surface area contributed by atoms with Gasteiger partial charge in [-0.3, -0.25) is 4.79 Å². The fourth-order valence-corrected chi connectivity index (χ4v) is 2.90. The standard InChI is InChI=1S/C16H21N3O/c20-16(10-13-4-3-8-17-13)18-9-7-12-11-19-15-6-2-1-5-14(12)15/h1-2,5-6,11,13,17,19H,3-4,7-10H2,(H,18,20). The van der Waals surface area contributed by atoms with Crippen LogP contribution in [0.15, 0.2) is 30.5 Å². The number of hydrogen-bond donors (Lipinski definition) is 3. The molecule has 2 heterocycles. The number of benzene rings is 1. The Balaban J connectivity index is 1.48. The average Bonchev–Trinajstić information content (AvgIpc) is 3.09. The first-order chi connectivity index (χ1) is 9.83. The summed E-state index contributed by atoms with van der Waals surface area (Å²) in [5, 5.41) is 7.62. The van der Waals surface area contributed by atoms with E-state index in [2.05, 4.69) is 27.8 Å². The summed E-state index contributed by atoms with van der Waals surface area (Å²) >= 11 is 0. The lowest BCUT2D eigenvalue weighted by Crippen LogP contribution is -2.32. The lowest BCUT2D eigenvalue weighted by Gasteiger charge is -2.10. The Kier molecular flexibility index (Phi) is 4.02. The zero-order valence-corrected chi connectivity index (χ0v) is 11.6. The van der Waals surface area contributed by atoms with Crippen molar-refractivity contribution >= 4 is 16.8 Å². The van der Waals surface area contributed by atoms with Gasteiger partial charge in [0.1, 0.15) is 0 Å². The summed E-state index contributed by atoms with van der Waals surface area (Å²) in [5.41, 5.74) is 2.42. The first kappa shape index (κ1) is 13.2. The predicted octanol–water partition coefficient (Wildman–Crippen LogP) is 1.97. The molecule has 1 saturated heterocycles.